The van der Waals surface area contributed by atoms with Crippen molar-refractivity contribution in [3.63, 3.8) is 0 Å². The van der Waals surface area contributed by atoms with Crippen LogP contribution in [0.15, 0.2) is 46.5 Å². The molecule has 25 heavy (non-hydrogen) atoms. The van der Waals surface area contributed by atoms with E-state index in [0.29, 0.717) is 16.5 Å². The van der Waals surface area contributed by atoms with E-state index < -0.39 is 6.10 Å². The molecule has 8 nitrogen and oxygen atoms in total. The maximum atomic E-state index is 12.1. The SMILES string of the molecule is C=C(N=Cc1[nH]c(=O)n(Cc2ccccc2Cl)c1N)NCC(O)CN. The molecule has 2 rings (SSSR count). The minimum Gasteiger partial charge on any atom is -0.390 e. The Kier molecular flexibility index (Phi) is 6.40. The van der Waals surface area contributed by atoms with E-state index in [1.807, 2.05) is 18.2 Å². The number of imidazole rings is 1. The van der Waals surface area contributed by atoms with E-state index in [4.69, 9.17) is 23.1 Å². The summed E-state index contributed by atoms with van der Waals surface area (Å²) in [6, 6.07) is 7.22. The Morgan fingerprint density at radius 3 is 2.92 bits per heavy atom. The number of nitrogens with two attached hydrogens (primary N) is 2. The van der Waals surface area contributed by atoms with Gasteiger partial charge in [-0.15, -0.1) is 0 Å². The average Bonchev–Trinajstić information content (AvgIpc) is 2.87. The number of nitrogens with one attached hydrogen (secondary N) is 2. The molecule has 0 bridgehead atoms. The fourth-order valence-electron chi connectivity index (χ4n) is 2.06. The fourth-order valence-corrected chi connectivity index (χ4v) is 2.26. The number of hydrogen-bond donors (Lipinski definition) is 5. The Hall–Kier alpha value is -2.55. The van der Waals surface area contributed by atoms with Crippen molar-refractivity contribution in [2.24, 2.45) is 10.7 Å². The number of aliphatic hydroxyl groups excluding tert-OH is 1. The molecule has 0 spiro atoms. The first kappa shape index (κ1) is 18.8. The quantitative estimate of drug-likeness (QED) is 0.428. The van der Waals surface area contributed by atoms with Crippen molar-refractivity contribution in [1.29, 1.82) is 0 Å². The molecular weight excluding hydrogens is 344 g/mol. The zero-order valence-corrected chi connectivity index (χ0v) is 14.3. The molecule has 9 heteroatoms. The molecule has 0 fully saturated rings. The number of nitrogens with zero attached hydrogens (tertiary/aromatic N) is 2. The van der Waals surface area contributed by atoms with Crippen molar-refractivity contribution >= 4 is 23.6 Å². The maximum Gasteiger partial charge on any atom is 0.327 e. The molecule has 0 saturated carbocycles. The third-order valence-corrected chi connectivity index (χ3v) is 3.87. The van der Waals surface area contributed by atoms with Gasteiger partial charge in [0.25, 0.3) is 0 Å². The number of nitrogen functional groups attached to an aromatic ring is 1. The van der Waals surface area contributed by atoms with Crippen LogP contribution in [0.1, 0.15) is 11.3 Å². The van der Waals surface area contributed by atoms with E-state index in [9.17, 15) is 9.90 Å². The van der Waals surface area contributed by atoms with Crippen LogP contribution in [-0.4, -0.2) is 40.1 Å². The van der Waals surface area contributed by atoms with Crippen LogP contribution in [0.3, 0.4) is 0 Å². The predicted octanol–water partition coefficient (Wildman–Crippen LogP) is 0.260. The molecule has 0 saturated heterocycles. The summed E-state index contributed by atoms with van der Waals surface area (Å²) in [5, 5.41) is 12.7. The zero-order valence-electron chi connectivity index (χ0n) is 13.6. The minimum absolute atomic E-state index is 0.134. The summed E-state index contributed by atoms with van der Waals surface area (Å²) in [4.78, 5) is 18.8. The summed E-state index contributed by atoms with van der Waals surface area (Å²) in [7, 11) is 0. The van der Waals surface area contributed by atoms with Crippen LogP contribution >= 0.6 is 11.6 Å². The lowest BCUT2D eigenvalue weighted by atomic mass is 10.2. The molecule has 1 heterocycles. The summed E-state index contributed by atoms with van der Waals surface area (Å²) in [6.45, 7) is 4.31. The highest BCUT2D eigenvalue weighted by molar-refractivity contribution is 6.31. The lowest BCUT2D eigenvalue weighted by Crippen LogP contribution is -2.31. The molecule has 0 radical (unpaired) electrons. The van der Waals surface area contributed by atoms with Crippen molar-refractivity contribution in [3.05, 3.63) is 63.4 Å². The molecule has 0 aliphatic heterocycles. The van der Waals surface area contributed by atoms with Crippen LogP contribution in [-0.2, 0) is 6.54 Å². The molecule has 0 aliphatic rings. The highest BCUT2D eigenvalue weighted by Crippen LogP contribution is 2.17. The van der Waals surface area contributed by atoms with Crippen LogP contribution in [0, 0.1) is 0 Å². The standard InChI is InChI=1S/C16H21ClN6O2/c1-10(20-7-12(24)6-18)21-8-14-15(19)23(16(25)22-14)9-11-4-2-3-5-13(11)17/h2-5,8,12,20,24H,1,6-7,9,18-19H2,(H,22,25). The molecule has 1 atom stereocenters. The van der Waals surface area contributed by atoms with Crippen LogP contribution in [0.5, 0.6) is 0 Å². The van der Waals surface area contributed by atoms with Crippen LogP contribution < -0.4 is 22.5 Å². The number of anilines is 1. The van der Waals surface area contributed by atoms with E-state index >= 15 is 0 Å². The largest absolute Gasteiger partial charge is 0.390 e. The Morgan fingerprint density at radius 2 is 2.24 bits per heavy atom. The molecular formula is C16H21ClN6O2. The second-order valence-electron chi connectivity index (χ2n) is 5.38. The molecule has 1 unspecified atom stereocenters. The van der Waals surface area contributed by atoms with Crippen molar-refractivity contribution in [1.82, 2.24) is 14.9 Å². The molecule has 0 amide bonds. The van der Waals surface area contributed by atoms with Gasteiger partial charge in [0.2, 0.25) is 0 Å². The first-order chi connectivity index (χ1) is 11.9. The van der Waals surface area contributed by atoms with Crippen LogP contribution in [0.4, 0.5) is 5.82 Å². The van der Waals surface area contributed by atoms with Crippen molar-refractivity contribution in [2.75, 3.05) is 18.8 Å². The van der Waals surface area contributed by atoms with Gasteiger partial charge in [0.15, 0.2) is 0 Å². The third kappa shape index (κ3) is 4.96. The third-order valence-electron chi connectivity index (χ3n) is 3.50. The number of aliphatic hydroxyl groups is 1. The average molecular weight is 365 g/mol. The summed E-state index contributed by atoms with van der Waals surface area (Å²) in [5.74, 6) is 0.551. The number of halogens is 1. The Morgan fingerprint density at radius 1 is 1.52 bits per heavy atom. The molecule has 1 aromatic heterocycles. The zero-order chi connectivity index (χ0) is 18.4. The van der Waals surface area contributed by atoms with E-state index in [1.165, 1.54) is 10.8 Å². The van der Waals surface area contributed by atoms with Gasteiger partial charge in [-0.2, -0.15) is 0 Å². The van der Waals surface area contributed by atoms with Crippen molar-refractivity contribution < 1.29 is 5.11 Å². The second-order valence-corrected chi connectivity index (χ2v) is 5.79. The molecule has 0 aliphatic carbocycles. The first-order valence-electron chi connectivity index (χ1n) is 7.59. The summed E-state index contributed by atoms with van der Waals surface area (Å²) >= 11 is 6.12. The number of rotatable bonds is 8. The van der Waals surface area contributed by atoms with Gasteiger partial charge in [-0.1, -0.05) is 36.4 Å². The summed E-state index contributed by atoms with van der Waals surface area (Å²) in [5.41, 5.74) is 12.1. The number of aromatic amines is 1. The monoisotopic (exact) mass is 364 g/mol. The van der Waals surface area contributed by atoms with Gasteiger partial charge in [0.05, 0.1) is 18.9 Å². The Balaban J connectivity index is 2.11. The summed E-state index contributed by atoms with van der Waals surface area (Å²) in [6.07, 6.45) is 0.706. The van der Waals surface area contributed by atoms with E-state index in [2.05, 4.69) is 21.9 Å². The van der Waals surface area contributed by atoms with Gasteiger partial charge in [-0.25, -0.2) is 9.79 Å². The van der Waals surface area contributed by atoms with E-state index in [1.54, 1.807) is 6.07 Å². The van der Waals surface area contributed by atoms with Gasteiger partial charge in [-0.05, 0) is 11.6 Å². The van der Waals surface area contributed by atoms with Crippen LogP contribution in [0.2, 0.25) is 5.02 Å². The van der Waals surface area contributed by atoms with Gasteiger partial charge in [0, 0.05) is 18.1 Å². The number of aliphatic imine (C=N–C) groups is 1. The molecule has 2 aromatic rings. The Bertz CT molecular complexity index is 826. The van der Waals surface area contributed by atoms with Crippen LogP contribution in [0.25, 0.3) is 0 Å². The number of benzene rings is 1. The summed E-state index contributed by atoms with van der Waals surface area (Å²) < 4.78 is 1.37. The molecule has 134 valence electrons. The van der Waals surface area contributed by atoms with Crippen molar-refractivity contribution in [2.45, 2.75) is 12.6 Å². The van der Waals surface area contributed by atoms with E-state index in [0.717, 1.165) is 5.56 Å². The fraction of sp³-hybridized carbons (Fsp3) is 0.250. The maximum absolute atomic E-state index is 12.1. The van der Waals surface area contributed by atoms with Gasteiger partial charge >= 0.3 is 5.69 Å². The number of aromatic nitrogens is 2. The number of H-pyrrole nitrogens is 1. The van der Waals surface area contributed by atoms with Crippen molar-refractivity contribution in [3.8, 4) is 0 Å². The highest BCUT2D eigenvalue weighted by atomic mass is 35.5. The molecule has 7 N–H and O–H groups in total. The van der Waals surface area contributed by atoms with E-state index in [-0.39, 0.29) is 31.1 Å². The number of hydrogen-bond acceptors (Lipinski definition) is 6. The lowest BCUT2D eigenvalue weighted by Gasteiger charge is -2.09. The predicted molar refractivity (Wildman–Crippen MR) is 99.8 cm³/mol. The second kappa shape index (κ2) is 8.52. The minimum atomic E-state index is -0.687. The lowest BCUT2D eigenvalue weighted by molar-refractivity contribution is 0.183. The normalized spacial score (nSPS) is 12.4. The highest BCUT2D eigenvalue weighted by Gasteiger charge is 2.11. The first-order valence-corrected chi connectivity index (χ1v) is 7.96. The van der Waals surface area contributed by atoms with Gasteiger partial charge < -0.3 is 26.9 Å². The smallest absolute Gasteiger partial charge is 0.327 e. The Labute approximate surface area is 149 Å². The topological polar surface area (TPSA) is 134 Å². The van der Waals surface area contributed by atoms with Gasteiger partial charge in [-0.3, -0.25) is 4.57 Å². The van der Waals surface area contributed by atoms with Gasteiger partial charge in [0.1, 0.15) is 17.3 Å². The molecule has 1 aromatic carbocycles.